The Morgan fingerprint density at radius 1 is 1.30 bits per heavy atom. The molecule has 1 aromatic heterocycles. The molecule has 1 aliphatic carbocycles. The first kappa shape index (κ1) is 16.0. The largest absolute Gasteiger partial charge is 0.469 e. The van der Waals surface area contributed by atoms with Crippen LogP contribution in [0.25, 0.3) is 0 Å². The summed E-state index contributed by atoms with van der Waals surface area (Å²) in [5.74, 6) is -0.390. The first-order valence-corrected chi connectivity index (χ1v) is 9.42. The van der Waals surface area contributed by atoms with E-state index in [2.05, 4.69) is 0 Å². The number of hydrogen-bond acceptors (Lipinski definition) is 6. The summed E-state index contributed by atoms with van der Waals surface area (Å²) in [7, 11) is -3.07. The molecule has 1 aliphatic heterocycles. The van der Waals surface area contributed by atoms with Gasteiger partial charge in [-0.05, 0) is 32.3 Å². The smallest absolute Gasteiger partial charge is 0.342 e. The Morgan fingerprint density at radius 2 is 2.04 bits per heavy atom. The summed E-state index contributed by atoms with van der Waals surface area (Å²) in [6.07, 6.45) is 3.58. The monoisotopic (exact) mass is 341 g/mol. The normalized spacial score (nSPS) is 22.7. The van der Waals surface area contributed by atoms with E-state index < -0.39 is 15.8 Å². The second-order valence-electron chi connectivity index (χ2n) is 6.06. The lowest BCUT2D eigenvalue weighted by molar-refractivity contribution is -0.137. The minimum atomic E-state index is -3.07. The van der Waals surface area contributed by atoms with Gasteiger partial charge in [-0.3, -0.25) is 4.79 Å². The number of carbonyl (C=O) groups is 2. The summed E-state index contributed by atoms with van der Waals surface area (Å²) in [5, 5.41) is 0. The number of nitrogens with zero attached hydrogens (tertiary/aromatic N) is 1. The molecule has 0 bridgehead atoms. The van der Waals surface area contributed by atoms with Crippen molar-refractivity contribution in [3.05, 3.63) is 23.7 Å². The van der Waals surface area contributed by atoms with E-state index in [-0.39, 0.29) is 36.1 Å². The van der Waals surface area contributed by atoms with Gasteiger partial charge in [-0.2, -0.15) is 0 Å². The minimum absolute atomic E-state index is 0.00399. The summed E-state index contributed by atoms with van der Waals surface area (Å²) >= 11 is 0. The van der Waals surface area contributed by atoms with Gasteiger partial charge in [0.25, 0.3) is 5.91 Å². The molecule has 1 amide bonds. The maximum Gasteiger partial charge on any atom is 0.342 e. The predicted molar refractivity (Wildman–Crippen MR) is 80.7 cm³/mol. The molecule has 1 saturated heterocycles. The van der Waals surface area contributed by atoms with Crippen molar-refractivity contribution in [2.75, 3.05) is 18.1 Å². The molecule has 0 aromatic carbocycles. The fourth-order valence-corrected chi connectivity index (χ4v) is 4.64. The number of hydrogen-bond donors (Lipinski definition) is 0. The summed E-state index contributed by atoms with van der Waals surface area (Å²) in [4.78, 5) is 25.9. The maximum atomic E-state index is 12.4. The number of ether oxygens (including phenoxy) is 1. The van der Waals surface area contributed by atoms with Crippen LogP contribution in [-0.4, -0.2) is 55.4 Å². The Hall–Kier alpha value is -1.83. The number of furan rings is 1. The van der Waals surface area contributed by atoms with Crippen LogP contribution in [0.3, 0.4) is 0 Å². The van der Waals surface area contributed by atoms with E-state index in [4.69, 9.17) is 9.15 Å². The Balaban J connectivity index is 1.61. The minimum Gasteiger partial charge on any atom is -0.469 e. The average molecular weight is 341 g/mol. The van der Waals surface area contributed by atoms with Crippen molar-refractivity contribution in [2.45, 2.75) is 38.3 Å². The van der Waals surface area contributed by atoms with E-state index in [1.165, 1.54) is 12.3 Å². The van der Waals surface area contributed by atoms with Gasteiger partial charge in [-0.1, -0.05) is 0 Å². The fourth-order valence-electron chi connectivity index (χ4n) is 2.93. The van der Waals surface area contributed by atoms with Crippen molar-refractivity contribution in [1.82, 2.24) is 4.90 Å². The Labute approximate surface area is 134 Å². The van der Waals surface area contributed by atoms with Crippen molar-refractivity contribution in [2.24, 2.45) is 0 Å². The van der Waals surface area contributed by atoms with Crippen LogP contribution in [0, 0.1) is 6.92 Å². The van der Waals surface area contributed by atoms with Gasteiger partial charge in [0.1, 0.15) is 11.3 Å². The van der Waals surface area contributed by atoms with E-state index in [1.807, 2.05) is 0 Å². The Kier molecular flexibility index (Phi) is 4.18. The molecule has 0 unspecified atom stereocenters. The molecule has 0 N–H and O–H groups in total. The van der Waals surface area contributed by atoms with Gasteiger partial charge in [0.05, 0.1) is 17.8 Å². The molecule has 2 heterocycles. The van der Waals surface area contributed by atoms with Crippen LogP contribution in [0.5, 0.6) is 0 Å². The zero-order chi connectivity index (χ0) is 16.6. The number of rotatable bonds is 5. The number of amides is 1. The van der Waals surface area contributed by atoms with Gasteiger partial charge in [-0.25, -0.2) is 13.2 Å². The lowest BCUT2D eigenvalue weighted by atomic mass is 10.2. The standard InChI is InChI=1S/C15H19NO6S/c1-10-13(4-6-21-10)15(18)22-8-14(17)16(11-2-3-11)12-5-7-23(19,20)9-12/h4,6,11-12H,2-3,5,7-9H2,1H3/t12-/m0/s1. The number of carbonyl (C=O) groups excluding carboxylic acids is 2. The molecule has 126 valence electrons. The van der Waals surface area contributed by atoms with E-state index in [9.17, 15) is 18.0 Å². The molecule has 8 heteroatoms. The van der Waals surface area contributed by atoms with Crippen molar-refractivity contribution in [1.29, 1.82) is 0 Å². The van der Waals surface area contributed by atoms with Crippen molar-refractivity contribution < 1.29 is 27.2 Å². The SMILES string of the molecule is Cc1occc1C(=O)OCC(=O)N(C1CC1)[C@H]1CCS(=O)(=O)C1. The molecular weight excluding hydrogens is 322 g/mol. The highest BCUT2D eigenvalue weighted by Gasteiger charge is 2.42. The van der Waals surface area contributed by atoms with Gasteiger partial charge in [0, 0.05) is 12.1 Å². The molecule has 2 fully saturated rings. The van der Waals surface area contributed by atoms with Crippen LogP contribution in [0.1, 0.15) is 35.4 Å². The molecule has 0 spiro atoms. The summed E-state index contributed by atoms with van der Waals surface area (Å²) in [6, 6.07) is 1.27. The van der Waals surface area contributed by atoms with Crippen molar-refractivity contribution in [3.63, 3.8) is 0 Å². The third-order valence-corrected chi connectivity index (χ3v) is 5.99. The highest BCUT2D eigenvalue weighted by Crippen LogP contribution is 2.32. The third kappa shape index (κ3) is 3.57. The Morgan fingerprint density at radius 3 is 2.57 bits per heavy atom. The van der Waals surface area contributed by atoms with Crippen LogP contribution in [0.15, 0.2) is 16.7 Å². The molecular formula is C15H19NO6S. The van der Waals surface area contributed by atoms with Crippen LogP contribution >= 0.6 is 0 Å². The van der Waals surface area contributed by atoms with Gasteiger partial charge in [0.2, 0.25) is 0 Å². The molecule has 1 atom stereocenters. The molecule has 0 radical (unpaired) electrons. The fraction of sp³-hybridized carbons (Fsp3) is 0.600. The summed E-state index contributed by atoms with van der Waals surface area (Å²) < 4.78 is 33.4. The molecule has 1 saturated carbocycles. The zero-order valence-electron chi connectivity index (χ0n) is 12.9. The van der Waals surface area contributed by atoms with E-state index in [0.29, 0.717) is 17.7 Å². The third-order valence-electron chi connectivity index (χ3n) is 4.24. The van der Waals surface area contributed by atoms with Crippen LogP contribution in [0.4, 0.5) is 0 Å². The van der Waals surface area contributed by atoms with Gasteiger partial charge in [0.15, 0.2) is 16.4 Å². The summed E-state index contributed by atoms with van der Waals surface area (Å²) in [6.45, 7) is 1.26. The molecule has 1 aromatic rings. The number of esters is 1. The maximum absolute atomic E-state index is 12.4. The van der Waals surface area contributed by atoms with Crippen molar-refractivity contribution >= 4 is 21.7 Å². The molecule has 2 aliphatic rings. The molecule has 23 heavy (non-hydrogen) atoms. The van der Waals surface area contributed by atoms with Gasteiger partial charge < -0.3 is 14.1 Å². The first-order valence-electron chi connectivity index (χ1n) is 7.60. The van der Waals surface area contributed by atoms with E-state index >= 15 is 0 Å². The lowest BCUT2D eigenvalue weighted by Crippen LogP contribution is -2.44. The topological polar surface area (TPSA) is 93.9 Å². The predicted octanol–water partition coefficient (Wildman–Crippen LogP) is 0.923. The van der Waals surface area contributed by atoms with Crippen molar-refractivity contribution in [3.8, 4) is 0 Å². The van der Waals surface area contributed by atoms with Crippen LogP contribution in [-0.2, 0) is 19.4 Å². The molecule has 7 nitrogen and oxygen atoms in total. The zero-order valence-corrected chi connectivity index (χ0v) is 13.7. The van der Waals surface area contributed by atoms with E-state index in [0.717, 1.165) is 12.8 Å². The summed E-state index contributed by atoms with van der Waals surface area (Å²) in [5.41, 5.74) is 0.291. The highest BCUT2D eigenvalue weighted by atomic mass is 32.2. The van der Waals surface area contributed by atoms with Crippen LogP contribution < -0.4 is 0 Å². The number of sulfone groups is 1. The highest BCUT2D eigenvalue weighted by molar-refractivity contribution is 7.91. The van der Waals surface area contributed by atoms with E-state index in [1.54, 1.807) is 11.8 Å². The van der Waals surface area contributed by atoms with Gasteiger partial charge >= 0.3 is 5.97 Å². The lowest BCUT2D eigenvalue weighted by Gasteiger charge is -2.28. The average Bonchev–Trinajstić information content (AvgIpc) is 3.12. The van der Waals surface area contributed by atoms with Gasteiger partial charge in [-0.15, -0.1) is 0 Å². The first-order chi connectivity index (χ1) is 10.9. The molecule has 3 rings (SSSR count). The van der Waals surface area contributed by atoms with Crippen LogP contribution in [0.2, 0.25) is 0 Å². The number of aryl methyl sites for hydroxylation is 1. The second-order valence-corrected chi connectivity index (χ2v) is 8.28. The second kappa shape index (κ2) is 5.99. The Bertz CT molecular complexity index is 718. The quantitative estimate of drug-likeness (QED) is 0.739.